The van der Waals surface area contributed by atoms with Crippen LogP contribution in [0.1, 0.15) is 34.8 Å². The van der Waals surface area contributed by atoms with Gasteiger partial charge in [0.15, 0.2) is 0 Å². The van der Waals surface area contributed by atoms with E-state index in [9.17, 15) is 4.79 Å². The van der Waals surface area contributed by atoms with E-state index in [1.165, 1.54) is 0 Å². The Labute approximate surface area is 164 Å². The third-order valence-corrected chi connectivity index (χ3v) is 5.07. The van der Waals surface area contributed by atoms with Gasteiger partial charge in [0.05, 0.1) is 12.8 Å². The number of nitrogens with zero attached hydrogens (tertiary/aromatic N) is 4. The van der Waals surface area contributed by atoms with Crippen molar-refractivity contribution >= 4 is 5.91 Å². The summed E-state index contributed by atoms with van der Waals surface area (Å²) in [5.41, 5.74) is 3.35. The van der Waals surface area contributed by atoms with Crippen LogP contribution in [-0.4, -0.2) is 46.0 Å². The molecule has 1 aliphatic rings. The van der Waals surface area contributed by atoms with Crippen molar-refractivity contribution in [3.05, 3.63) is 72.3 Å². The number of ether oxygens (including phenoxy) is 1. The third kappa shape index (κ3) is 3.86. The van der Waals surface area contributed by atoms with Crippen LogP contribution in [0.2, 0.25) is 0 Å². The Morgan fingerprint density at radius 2 is 2.07 bits per heavy atom. The van der Waals surface area contributed by atoms with Gasteiger partial charge in [0.25, 0.3) is 5.91 Å². The molecule has 2 aromatic heterocycles. The predicted octanol–water partition coefficient (Wildman–Crippen LogP) is 3.57. The minimum Gasteiger partial charge on any atom is -0.481 e. The quantitative estimate of drug-likeness (QED) is 0.698. The second kappa shape index (κ2) is 8.17. The van der Waals surface area contributed by atoms with E-state index in [0.29, 0.717) is 18.0 Å². The Kier molecular flexibility index (Phi) is 5.28. The molecular formula is C22H22N4O2. The van der Waals surface area contributed by atoms with Gasteiger partial charge in [-0.1, -0.05) is 18.2 Å². The van der Waals surface area contributed by atoms with E-state index in [1.54, 1.807) is 25.7 Å². The summed E-state index contributed by atoms with van der Waals surface area (Å²) >= 11 is 0. The molecule has 1 aliphatic heterocycles. The number of carbonyl (C=O) groups excluding carboxylic acids is 1. The highest BCUT2D eigenvalue weighted by Crippen LogP contribution is 2.27. The number of amides is 1. The van der Waals surface area contributed by atoms with Gasteiger partial charge in [-0.05, 0) is 37.1 Å². The van der Waals surface area contributed by atoms with Crippen molar-refractivity contribution in [1.82, 2.24) is 19.9 Å². The molecule has 6 heteroatoms. The minimum absolute atomic E-state index is 0.0449. The lowest BCUT2D eigenvalue weighted by molar-refractivity contribution is 0.0706. The molecule has 6 nitrogen and oxygen atoms in total. The number of hydrogen-bond acceptors (Lipinski definition) is 5. The van der Waals surface area contributed by atoms with Crippen molar-refractivity contribution in [2.75, 3.05) is 20.2 Å². The fraction of sp³-hybridized carbons (Fsp3) is 0.273. The number of hydrogen-bond donors (Lipinski definition) is 0. The van der Waals surface area contributed by atoms with Crippen molar-refractivity contribution in [2.45, 2.75) is 18.8 Å². The zero-order chi connectivity index (χ0) is 19.3. The number of benzene rings is 1. The van der Waals surface area contributed by atoms with Gasteiger partial charge in [0, 0.05) is 48.1 Å². The fourth-order valence-electron chi connectivity index (χ4n) is 3.63. The molecule has 1 fully saturated rings. The van der Waals surface area contributed by atoms with Crippen molar-refractivity contribution < 1.29 is 9.53 Å². The minimum atomic E-state index is 0.0449. The van der Waals surface area contributed by atoms with Crippen LogP contribution in [0, 0.1) is 0 Å². The molecule has 0 N–H and O–H groups in total. The highest BCUT2D eigenvalue weighted by Gasteiger charge is 2.26. The Bertz CT molecular complexity index is 962. The third-order valence-electron chi connectivity index (χ3n) is 5.07. The molecule has 0 saturated carbocycles. The summed E-state index contributed by atoms with van der Waals surface area (Å²) in [4.78, 5) is 27.9. The molecule has 1 unspecified atom stereocenters. The second-order valence-corrected chi connectivity index (χ2v) is 6.87. The smallest absolute Gasteiger partial charge is 0.253 e. The van der Waals surface area contributed by atoms with E-state index >= 15 is 0 Å². The molecular weight excluding hydrogens is 352 g/mol. The van der Waals surface area contributed by atoms with Crippen LogP contribution in [0.15, 0.2) is 61.1 Å². The number of pyridine rings is 1. The summed E-state index contributed by atoms with van der Waals surface area (Å²) in [6.45, 7) is 1.44. The summed E-state index contributed by atoms with van der Waals surface area (Å²) in [7, 11) is 1.59. The first-order valence-corrected chi connectivity index (χ1v) is 9.41. The zero-order valence-electron chi connectivity index (χ0n) is 15.8. The van der Waals surface area contributed by atoms with Gasteiger partial charge in [0.1, 0.15) is 6.33 Å². The van der Waals surface area contributed by atoms with Gasteiger partial charge in [-0.25, -0.2) is 15.0 Å². The molecule has 1 amide bonds. The molecule has 0 aliphatic carbocycles. The maximum Gasteiger partial charge on any atom is 0.253 e. The maximum atomic E-state index is 13.1. The SMILES string of the molecule is COc1cccc(-c2cccc(C(=O)N3CCCC(c4ccncn4)C3)c2)n1. The zero-order valence-corrected chi connectivity index (χ0v) is 15.8. The lowest BCUT2D eigenvalue weighted by Gasteiger charge is -2.32. The number of carbonyl (C=O) groups is 1. The Hall–Kier alpha value is -3.28. The van der Waals surface area contributed by atoms with Crippen LogP contribution in [0.3, 0.4) is 0 Å². The number of methoxy groups -OCH3 is 1. The average Bonchev–Trinajstić information content (AvgIpc) is 2.79. The number of aromatic nitrogens is 3. The van der Waals surface area contributed by atoms with Crippen LogP contribution in [0.5, 0.6) is 5.88 Å². The Morgan fingerprint density at radius 3 is 2.89 bits per heavy atom. The van der Waals surface area contributed by atoms with E-state index < -0.39 is 0 Å². The van der Waals surface area contributed by atoms with Gasteiger partial charge in [-0.2, -0.15) is 0 Å². The first kappa shape index (κ1) is 18.1. The average molecular weight is 374 g/mol. The fourth-order valence-corrected chi connectivity index (χ4v) is 3.63. The lowest BCUT2D eigenvalue weighted by atomic mass is 9.94. The van der Waals surface area contributed by atoms with E-state index in [-0.39, 0.29) is 11.8 Å². The van der Waals surface area contributed by atoms with Crippen LogP contribution in [0.25, 0.3) is 11.3 Å². The van der Waals surface area contributed by atoms with E-state index in [4.69, 9.17) is 4.74 Å². The molecule has 0 bridgehead atoms. The van der Waals surface area contributed by atoms with Crippen molar-refractivity contribution in [2.24, 2.45) is 0 Å². The molecule has 142 valence electrons. The molecule has 3 aromatic rings. The molecule has 0 spiro atoms. The van der Waals surface area contributed by atoms with Crippen LogP contribution < -0.4 is 4.74 Å². The van der Waals surface area contributed by atoms with Crippen LogP contribution >= 0.6 is 0 Å². The number of piperidine rings is 1. The lowest BCUT2D eigenvalue weighted by Crippen LogP contribution is -2.39. The van der Waals surface area contributed by atoms with Crippen LogP contribution in [0.4, 0.5) is 0 Å². The molecule has 1 atom stereocenters. The molecule has 1 saturated heterocycles. The summed E-state index contributed by atoms with van der Waals surface area (Å²) in [6, 6.07) is 15.2. The van der Waals surface area contributed by atoms with Crippen molar-refractivity contribution in [3.8, 4) is 17.1 Å². The maximum absolute atomic E-state index is 13.1. The second-order valence-electron chi connectivity index (χ2n) is 6.87. The first-order valence-electron chi connectivity index (χ1n) is 9.41. The largest absolute Gasteiger partial charge is 0.481 e. The Morgan fingerprint density at radius 1 is 1.18 bits per heavy atom. The predicted molar refractivity (Wildman–Crippen MR) is 106 cm³/mol. The standard InChI is InChI=1S/C22H22N4O2/c1-28-21-9-3-8-20(25-21)16-5-2-6-17(13-16)22(27)26-12-4-7-18(14-26)19-10-11-23-15-24-19/h2-3,5-6,8-11,13,15,18H,4,7,12,14H2,1H3. The van der Waals surface area contributed by atoms with Crippen molar-refractivity contribution in [3.63, 3.8) is 0 Å². The number of rotatable bonds is 4. The monoisotopic (exact) mass is 374 g/mol. The van der Waals surface area contributed by atoms with Crippen LogP contribution in [-0.2, 0) is 0 Å². The van der Waals surface area contributed by atoms with E-state index in [2.05, 4.69) is 15.0 Å². The summed E-state index contributed by atoms with van der Waals surface area (Å²) < 4.78 is 5.21. The van der Waals surface area contributed by atoms with Gasteiger partial charge < -0.3 is 9.64 Å². The molecule has 28 heavy (non-hydrogen) atoms. The Balaban J connectivity index is 1.54. The normalized spacial score (nSPS) is 16.6. The first-order chi connectivity index (χ1) is 13.7. The van der Waals surface area contributed by atoms with E-state index in [1.807, 2.05) is 47.4 Å². The number of likely N-dealkylation sites (tertiary alicyclic amines) is 1. The van der Waals surface area contributed by atoms with Gasteiger partial charge in [-0.15, -0.1) is 0 Å². The highest BCUT2D eigenvalue weighted by atomic mass is 16.5. The highest BCUT2D eigenvalue weighted by molar-refractivity contribution is 5.95. The van der Waals surface area contributed by atoms with Gasteiger partial charge in [-0.3, -0.25) is 4.79 Å². The van der Waals surface area contributed by atoms with Crippen molar-refractivity contribution in [1.29, 1.82) is 0 Å². The molecule has 0 radical (unpaired) electrons. The summed E-state index contributed by atoms with van der Waals surface area (Å²) in [5, 5.41) is 0. The molecule has 1 aromatic carbocycles. The van der Waals surface area contributed by atoms with E-state index in [0.717, 1.165) is 36.3 Å². The summed E-state index contributed by atoms with van der Waals surface area (Å²) in [5.74, 6) is 0.852. The summed E-state index contributed by atoms with van der Waals surface area (Å²) in [6.07, 6.45) is 5.33. The molecule has 3 heterocycles. The molecule has 4 rings (SSSR count). The van der Waals surface area contributed by atoms with Gasteiger partial charge in [0.2, 0.25) is 5.88 Å². The topological polar surface area (TPSA) is 68.2 Å². The van der Waals surface area contributed by atoms with Gasteiger partial charge >= 0.3 is 0 Å².